The lowest BCUT2D eigenvalue weighted by Crippen LogP contribution is -2.01. The smallest absolute Gasteiger partial charge is 0.181 e. The van der Waals surface area contributed by atoms with Crippen LogP contribution in [0.5, 0.6) is 0 Å². The zero-order valence-corrected chi connectivity index (χ0v) is 14.0. The van der Waals surface area contributed by atoms with Gasteiger partial charge in [-0.3, -0.25) is 4.68 Å². The van der Waals surface area contributed by atoms with Crippen molar-refractivity contribution in [1.29, 1.82) is 0 Å². The Morgan fingerprint density at radius 2 is 1.75 bits per heavy atom. The van der Waals surface area contributed by atoms with E-state index in [9.17, 15) is 0 Å². The van der Waals surface area contributed by atoms with Crippen molar-refractivity contribution in [2.24, 2.45) is 0 Å². The molecule has 0 bridgehead atoms. The Balaban J connectivity index is 1.76. The van der Waals surface area contributed by atoms with Gasteiger partial charge in [0.2, 0.25) is 0 Å². The third-order valence-corrected chi connectivity index (χ3v) is 4.44. The molecule has 4 heteroatoms. The van der Waals surface area contributed by atoms with Crippen molar-refractivity contribution in [2.45, 2.75) is 26.9 Å². The number of rotatable bonds is 4. The summed E-state index contributed by atoms with van der Waals surface area (Å²) in [6.45, 7) is 5.73. The Bertz CT molecular complexity index is 994. The van der Waals surface area contributed by atoms with Crippen LogP contribution in [0.15, 0.2) is 60.8 Å². The number of nitrogens with zero attached hydrogens (tertiary/aromatic N) is 4. The van der Waals surface area contributed by atoms with Crippen molar-refractivity contribution in [2.75, 3.05) is 0 Å². The lowest BCUT2D eigenvalue weighted by molar-refractivity contribution is 0.637. The topological polar surface area (TPSA) is 35.6 Å². The summed E-state index contributed by atoms with van der Waals surface area (Å²) in [5.41, 5.74) is 3.58. The Kier molecular flexibility index (Phi) is 3.65. The average molecular weight is 316 g/mol. The van der Waals surface area contributed by atoms with Gasteiger partial charge in [-0.25, -0.2) is 4.98 Å². The van der Waals surface area contributed by atoms with Crippen LogP contribution in [0.2, 0.25) is 0 Å². The summed E-state index contributed by atoms with van der Waals surface area (Å²) in [6.07, 6.45) is 2.14. The van der Waals surface area contributed by atoms with E-state index < -0.39 is 0 Å². The molecule has 0 saturated heterocycles. The lowest BCUT2D eigenvalue weighted by atomic mass is 10.1. The second-order valence-corrected chi connectivity index (χ2v) is 5.96. The largest absolute Gasteiger partial charge is 0.343 e. The first kappa shape index (κ1) is 14.7. The molecule has 0 amide bonds. The van der Waals surface area contributed by atoms with E-state index in [4.69, 9.17) is 0 Å². The molecule has 0 atom stereocenters. The van der Waals surface area contributed by atoms with E-state index in [-0.39, 0.29) is 0 Å². The van der Waals surface area contributed by atoms with Crippen molar-refractivity contribution in [3.05, 3.63) is 72.2 Å². The van der Waals surface area contributed by atoms with Gasteiger partial charge in [0.25, 0.3) is 0 Å². The molecule has 0 unspecified atom stereocenters. The van der Waals surface area contributed by atoms with Crippen LogP contribution in [0.25, 0.3) is 22.3 Å². The normalized spacial score (nSPS) is 11.2. The number of aryl methyl sites for hydroxylation is 2. The van der Waals surface area contributed by atoms with Crippen LogP contribution in [0.3, 0.4) is 0 Å². The maximum atomic E-state index is 4.65. The molecule has 0 N–H and O–H groups in total. The van der Waals surface area contributed by atoms with Crippen LogP contribution in [0.1, 0.15) is 18.3 Å². The predicted molar refractivity (Wildman–Crippen MR) is 96.9 cm³/mol. The number of fused-ring (bicyclic) bond motifs is 1. The number of hydrogen-bond donors (Lipinski definition) is 0. The molecule has 24 heavy (non-hydrogen) atoms. The third kappa shape index (κ3) is 2.50. The first-order valence-corrected chi connectivity index (χ1v) is 8.30. The molecule has 4 aromatic rings. The van der Waals surface area contributed by atoms with Crippen LogP contribution in [0.4, 0.5) is 0 Å². The Morgan fingerprint density at radius 1 is 0.958 bits per heavy atom. The number of aromatic nitrogens is 4. The number of benzene rings is 2. The first-order valence-electron chi connectivity index (χ1n) is 8.30. The molecule has 120 valence electrons. The Morgan fingerprint density at radius 3 is 2.58 bits per heavy atom. The fourth-order valence-electron chi connectivity index (χ4n) is 3.17. The van der Waals surface area contributed by atoms with E-state index in [0.717, 1.165) is 30.3 Å². The highest BCUT2D eigenvalue weighted by Gasteiger charge is 2.12. The van der Waals surface area contributed by atoms with Crippen LogP contribution < -0.4 is 0 Å². The molecule has 0 aliphatic rings. The van der Waals surface area contributed by atoms with Crippen molar-refractivity contribution < 1.29 is 0 Å². The second-order valence-electron chi connectivity index (χ2n) is 5.96. The fraction of sp³-hybridized carbons (Fsp3) is 0.200. The summed E-state index contributed by atoms with van der Waals surface area (Å²) in [4.78, 5) is 4.65. The van der Waals surface area contributed by atoms with Gasteiger partial charge in [-0.15, -0.1) is 0 Å². The quantitative estimate of drug-likeness (QED) is 0.563. The highest BCUT2D eigenvalue weighted by atomic mass is 15.3. The highest BCUT2D eigenvalue weighted by molar-refractivity contribution is 5.80. The maximum Gasteiger partial charge on any atom is 0.181 e. The van der Waals surface area contributed by atoms with Crippen LogP contribution >= 0.6 is 0 Å². The van der Waals surface area contributed by atoms with Crippen LogP contribution in [-0.4, -0.2) is 19.3 Å². The standard InChI is InChI=1S/C20H20N4/c1-3-24-15(2)21-20(22-24)18-10-6-4-9-17(18)14-23-13-12-16-8-5-7-11-19(16)23/h4-13H,3,14H2,1-2H3. The average Bonchev–Trinajstić information content (AvgIpc) is 3.19. The molecule has 4 nitrogen and oxygen atoms in total. The minimum atomic E-state index is 0.807. The second kappa shape index (κ2) is 5.96. The van der Waals surface area contributed by atoms with Crippen molar-refractivity contribution in [3.8, 4) is 11.4 Å². The number of para-hydroxylation sites is 1. The molecule has 0 saturated carbocycles. The van der Waals surface area contributed by atoms with E-state index in [0.29, 0.717) is 0 Å². The van der Waals surface area contributed by atoms with Crippen molar-refractivity contribution in [3.63, 3.8) is 0 Å². The van der Waals surface area contributed by atoms with Gasteiger partial charge >= 0.3 is 0 Å². The predicted octanol–water partition coefficient (Wildman–Crippen LogP) is 4.28. The molecule has 2 aromatic heterocycles. The minimum absolute atomic E-state index is 0.807. The van der Waals surface area contributed by atoms with Crippen molar-refractivity contribution >= 4 is 10.9 Å². The minimum Gasteiger partial charge on any atom is -0.343 e. The van der Waals surface area contributed by atoms with E-state index >= 15 is 0 Å². The highest BCUT2D eigenvalue weighted by Crippen LogP contribution is 2.24. The van der Waals surface area contributed by atoms with Crippen LogP contribution in [-0.2, 0) is 13.1 Å². The SMILES string of the molecule is CCn1nc(-c2ccccc2Cn2ccc3ccccc32)nc1C. The molecule has 0 spiro atoms. The fourth-order valence-corrected chi connectivity index (χ4v) is 3.17. The molecule has 0 fully saturated rings. The molecular formula is C20H20N4. The van der Waals surface area contributed by atoms with E-state index in [1.807, 2.05) is 11.6 Å². The van der Waals surface area contributed by atoms with Crippen molar-refractivity contribution in [1.82, 2.24) is 19.3 Å². The molecule has 0 aliphatic heterocycles. The molecular weight excluding hydrogens is 296 g/mol. The maximum absolute atomic E-state index is 4.65. The van der Waals surface area contributed by atoms with Gasteiger partial charge in [-0.1, -0.05) is 42.5 Å². The molecule has 2 heterocycles. The molecule has 4 rings (SSSR count). The van der Waals surface area contributed by atoms with Gasteiger partial charge in [0.15, 0.2) is 5.82 Å². The van der Waals surface area contributed by atoms with E-state index in [1.165, 1.54) is 16.5 Å². The van der Waals surface area contributed by atoms with Gasteiger partial charge in [-0.2, -0.15) is 5.10 Å². The zero-order valence-electron chi connectivity index (χ0n) is 14.0. The summed E-state index contributed by atoms with van der Waals surface area (Å²) in [5.74, 6) is 1.76. The molecule has 0 radical (unpaired) electrons. The van der Waals surface area contributed by atoms with Crippen LogP contribution in [0, 0.1) is 6.92 Å². The Labute approximate surface area is 141 Å². The van der Waals surface area contributed by atoms with Gasteiger partial charge < -0.3 is 4.57 Å². The molecule has 0 aliphatic carbocycles. The number of hydrogen-bond acceptors (Lipinski definition) is 2. The third-order valence-electron chi connectivity index (χ3n) is 4.44. The summed E-state index contributed by atoms with van der Waals surface area (Å²) in [6, 6.07) is 19.0. The monoisotopic (exact) mass is 316 g/mol. The van der Waals surface area contributed by atoms with Gasteiger partial charge in [0.1, 0.15) is 5.82 Å². The van der Waals surface area contributed by atoms with E-state index in [2.05, 4.69) is 82.4 Å². The lowest BCUT2D eigenvalue weighted by Gasteiger charge is -2.09. The van der Waals surface area contributed by atoms with Gasteiger partial charge in [0, 0.05) is 30.4 Å². The summed E-state index contributed by atoms with van der Waals surface area (Å²) in [7, 11) is 0. The first-order chi connectivity index (χ1) is 11.8. The Hall–Kier alpha value is -2.88. The molecule has 2 aromatic carbocycles. The summed E-state index contributed by atoms with van der Waals surface area (Å²) < 4.78 is 4.22. The van der Waals surface area contributed by atoms with E-state index in [1.54, 1.807) is 0 Å². The van der Waals surface area contributed by atoms with Gasteiger partial charge in [0.05, 0.1) is 0 Å². The van der Waals surface area contributed by atoms with Gasteiger partial charge in [-0.05, 0) is 36.9 Å². The summed E-state index contributed by atoms with van der Waals surface area (Å²) in [5, 5.41) is 5.91. The zero-order chi connectivity index (χ0) is 16.5. The summed E-state index contributed by atoms with van der Waals surface area (Å²) >= 11 is 0.